The molecule has 0 aliphatic carbocycles. The van der Waals surface area contributed by atoms with Crippen LogP contribution in [0.15, 0.2) is 37.0 Å². The van der Waals surface area contributed by atoms with E-state index in [1.807, 2.05) is 12.2 Å². The minimum atomic E-state index is -0.308. The van der Waals surface area contributed by atoms with Crippen molar-refractivity contribution in [2.24, 2.45) is 0 Å². The van der Waals surface area contributed by atoms with Crippen LogP contribution in [-0.2, 0) is 4.79 Å². The van der Waals surface area contributed by atoms with Gasteiger partial charge in [0.15, 0.2) is 0 Å². The molecule has 1 nitrogen and oxygen atoms in total. The molecule has 0 aromatic heterocycles. The van der Waals surface area contributed by atoms with Gasteiger partial charge in [-0.05, 0) is 36.3 Å². The summed E-state index contributed by atoms with van der Waals surface area (Å²) in [5.41, 5.74) is 0. The number of ketones is 1. The molecule has 0 atom stereocenters. The lowest BCUT2D eigenvalue weighted by molar-refractivity contribution is -0.109. The van der Waals surface area contributed by atoms with Crippen LogP contribution >= 0.6 is 0 Å². The van der Waals surface area contributed by atoms with Crippen molar-refractivity contribution in [2.75, 3.05) is 0 Å². The van der Waals surface area contributed by atoms with Crippen molar-refractivity contribution in [1.82, 2.24) is 0 Å². The molecule has 0 heterocycles. The summed E-state index contributed by atoms with van der Waals surface area (Å²) in [5.74, 6) is 9.72. The van der Waals surface area contributed by atoms with Gasteiger partial charge in [0, 0.05) is 0 Å². The average Bonchev–Trinajstić information content (AvgIpc) is 2.31. The number of unbranched alkanes of at least 4 members (excludes halogenated alkanes) is 2. The molecule has 0 saturated heterocycles. The number of hydrogen-bond acceptors (Lipinski definition) is 1. The van der Waals surface area contributed by atoms with E-state index < -0.39 is 0 Å². The van der Waals surface area contributed by atoms with E-state index in [4.69, 9.17) is 0 Å². The molecular weight excluding hydrogens is 196 g/mol. The lowest BCUT2D eigenvalue weighted by Gasteiger charge is -1.84. The van der Waals surface area contributed by atoms with Crippen LogP contribution in [0.2, 0.25) is 0 Å². The number of rotatable bonds is 5. The Morgan fingerprint density at radius 3 is 2.81 bits per heavy atom. The van der Waals surface area contributed by atoms with Gasteiger partial charge in [0.2, 0.25) is 5.78 Å². The topological polar surface area (TPSA) is 17.1 Å². The molecule has 0 unspecified atom stereocenters. The van der Waals surface area contributed by atoms with Gasteiger partial charge in [-0.2, -0.15) is 0 Å². The maximum atomic E-state index is 10.7. The van der Waals surface area contributed by atoms with E-state index in [1.165, 1.54) is 18.9 Å². The summed E-state index contributed by atoms with van der Waals surface area (Å²) >= 11 is 0. The van der Waals surface area contributed by atoms with E-state index >= 15 is 0 Å². The summed E-state index contributed by atoms with van der Waals surface area (Å²) in [6.45, 7) is 5.47. The fourth-order valence-corrected chi connectivity index (χ4v) is 0.822. The molecule has 0 rings (SSSR count). The van der Waals surface area contributed by atoms with Gasteiger partial charge in [0.05, 0.1) is 0 Å². The predicted molar refractivity (Wildman–Crippen MR) is 68.6 cm³/mol. The van der Waals surface area contributed by atoms with E-state index in [1.54, 1.807) is 6.08 Å². The second-order valence-corrected chi connectivity index (χ2v) is 3.02. The minimum absolute atomic E-state index is 0.308. The highest BCUT2D eigenvalue weighted by Gasteiger charge is 1.79. The normalized spacial score (nSPS) is 9.31. The second kappa shape index (κ2) is 11.1. The molecule has 0 aliphatic rings. The van der Waals surface area contributed by atoms with E-state index in [-0.39, 0.29) is 5.78 Å². The van der Waals surface area contributed by atoms with Crippen LogP contribution in [0.25, 0.3) is 0 Å². The van der Waals surface area contributed by atoms with Gasteiger partial charge >= 0.3 is 0 Å². The first kappa shape index (κ1) is 14.0. The van der Waals surface area contributed by atoms with Crippen molar-refractivity contribution < 1.29 is 4.79 Å². The molecule has 82 valence electrons. The Labute approximate surface area is 97.9 Å². The largest absolute Gasteiger partial charge is 0.280 e. The third-order valence-electron chi connectivity index (χ3n) is 1.66. The zero-order chi connectivity index (χ0) is 12.1. The Kier molecular flexibility index (Phi) is 9.71. The summed E-state index contributed by atoms with van der Waals surface area (Å²) in [4.78, 5) is 10.7. The third-order valence-corrected chi connectivity index (χ3v) is 1.66. The molecule has 0 saturated carbocycles. The van der Waals surface area contributed by atoms with Crippen LogP contribution < -0.4 is 0 Å². The Morgan fingerprint density at radius 1 is 1.31 bits per heavy atom. The molecule has 0 spiro atoms. The summed E-state index contributed by atoms with van der Waals surface area (Å²) < 4.78 is 0. The molecule has 0 radical (unpaired) electrons. The van der Waals surface area contributed by atoms with Crippen LogP contribution in [0.3, 0.4) is 0 Å². The SMILES string of the molecule is C=CC(=O)C#CC#CC=CC=CCCCC. The van der Waals surface area contributed by atoms with E-state index in [0.29, 0.717) is 0 Å². The fourth-order valence-electron chi connectivity index (χ4n) is 0.822. The van der Waals surface area contributed by atoms with Crippen molar-refractivity contribution in [3.63, 3.8) is 0 Å². The standard InChI is InChI=1S/C15H16O/c1-3-5-6-7-8-9-10-11-12-13-14-15(16)4-2/h4,7-10H,2-3,5-6H2,1H3. The van der Waals surface area contributed by atoms with Gasteiger partial charge in [0.25, 0.3) is 0 Å². The first-order chi connectivity index (χ1) is 7.81. The molecule has 1 heteroatoms. The number of carbonyl (C=O) groups is 1. The molecule has 0 N–H and O–H groups in total. The van der Waals surface area contributed by atoms with Gasteiger partial charge in [-0.25, -0.2) is 0 Å². The molecule has 0 fully saturated rings. The van der Waals surface area contributed by atoms with E-state index in [9.17, 15) is 4.79 Å². The molecule has 0 aromatic rings. The van der Waals surface area contributed by atoms with Crippen LogP contribution in [-0.4, -0.2) is 5.78 Å². The zero-order valence-corrected chi connectivity index (χ0v) is 9.62. The number of carbonyl (C=O) groups excluding carboxylic acids is 1. The second-order valence-electron chi connectivity index (χ2n) is 3.02. The molecule has 16 heavy (non-hydrogen) atoms. The Balaban J connectivity index is 3.86. The molecule has 0 aromatic carbocycles. The molecule has 0 bridgehead atoms. The van der Waals surface area contributed by atoms with Crippen LogP contribution in [0, 0.1) is 23.7 Å². The molecule has 0 amide bonds. The summed E-state index contributed by atoms with van der Waals surface area (Å²) in [6.07, 6.45) is 12.3. The zero-order valence-electron chi connectivity index (χ0n) is 9.62. The average molecular weight is 212 g/mol. The fraction of sp³-hybridized carbons (Fsp3) is 0.267. The van der Waals surface area contributed by atoms with Crippen LogP contribution in [0.4, 0.5) is 0 Å². The van der Waals surface area contributed by atoms with Crippen molar-refractivity contribution in [2.45, 2.75) is 26.2 Å². The van der Waals surface area contributed by atoms with Crippen molar-refractivity contribution in [3.8, 4) is 23.7 Å². The maximum absolute atomic E-state index is 10.7. The Hall–Kier alpha value is -1.99. The highest BCUT2D eigenvalue weighted by atomic mass is 16.1. The molecule has 0 aliphatic heterocycles. The van der Waals surface area contributed by atoms with Gasteiger partial charge < -0.3 is 0 Å². The maximum Gasteiger partial charge on any atom is 0.229 e. The molecular formula is C15H16O. The van der Waals surface area contributed by atoms with Gasteiger partial charge in [-0.15, -0.1) is 0 Å². The van der Waals surface area contributed by atoms with Gasteiger partial charge in [-0.3, -0.25) is 4.79 Å². The summed E-state index contributed by atoms with van der Waals surface area (Å²) in [6, 6.07) is 0. The monoisotopic (exact) mass is 212 g/mol. The predicted octanol–water partition coefficient (Wildman–Crippen LogP) is 3.05. The number of hydrogen-bond donors (Lipinski definition) is 0. The first-order valence-electron chi connectivity index (χ1n) is 5.31. The van der Waals surface area contributed by atoms with Crippen molar-refractivity contribution >= 4 is 5.78 Å². The highest BCUT2D eigenvalue weighted by Crippen LogP contribution is 1.94. The van der Waals surface area contributed by atoms with Crippen molar-refractivity contribution in [1.29, 1.82) is 0 Å². The quantitative estimate of drug-likeness (QED) is 0.225. The van der Waals surface area contributed by atoms with Crippen molar-refractivity contribution in [3.05, 3.63) is 37.0 Å². The smallest absolute Gasteiger partial charge is 0.229 e. The summed E-state index contributed by atoms with van der Waals surface area (Å²) in [7, 11) is 0. The van der Waals surface area contributed by atoms with Crippen LogP contribution in [0.5, 0.6) is 0 Å². The van der Waals surface area contributed by atoms with E-state index in [2.05, 4.69) is 43.3 Å². The lowest BCUT2D eigenvalue weighted by Crippen LogP contribution is -1.81. The number of allylic oxidation sites excluding steroid dienone is 5. The van der Waals surface area contributed by atoms with Gasteiger partial charge in [0.1, 0.15) is 0 Å². The highest BCUT2D eigenvalue weighted by molar-refractivity contribution is 6.04. The summed E-state index contributed by atoms with van der Waals surface area (Å²) in [5, 5.41) is 0. The lowest BCUT2D eigenvalue weighted by atomic mass is 10.2. The Morgan fingerprint density at radius 2 is 2.12 bits per heavy atom. The Bertz CT molecular complexity index is 389. The van der Waals surface area contributed by atoms with E-state index in [0.717, 1.165) is 6.42 Å². The van der Waals surface area contributed by atoms with Crippen LogP contribution in [0.1, 0.15) is 26.2 Å². The first-order valence-corrected chi connectivity index (χ1v) is 5.31. The van der Waals surface area contributed by atoms with Gasteiger partial charge in [-0.1, -0.05) is 50.5 Å². The minimum Gasteiger partial charge on any atom is -0.280 e. The third kappa shape index (κ3) is 10.1.